The van der Waals surface area contributed by atoms with Gasteiger partial charge in [-0.2, -0.15) is 0 Å². The van der Waals surface area contributed by atoms with Crippen molar-refractivity contribution in [2.24, 2.45) is 0 Å². The van der Waals surface area contributed by atoms with Gasteiger partial charge in [-0.1, -0.05) is 30.3 Å². The molecule has 0 bridgehead atoms. The van der Waals surface area contributed by atoms with E-state index in [1.165, 1.54) is 0 Å². The van der Waals surface area contributed by atoms with E-state index in [1.54, 1.807) is 31.2 Å². The van der Waals surface area contributed by atoms with Crippen LogP contribution in [0.5, 0.6) is 0 Å². The van der Waals surface area contributed by atoms with Gasteiger partial charge in [-0.05, 0) is 38.1 Å². The quantitative estimate of drug-likeness (QED) is 0.616. The Balaban J connectivity index is 1.64. The van der Waals surface area contributed by atoms with Gasteiger partial charge in [0.2, 0.25) is 11.8 Å². The van der Waals surface area contributed by atoms with Gasteiger partial charge in [-0.3, -0.25) is 4.79 Å². The second kappa shape index (κ2) is 8.99. The average Bonchev–Trinajstić information content (AvgIpc) is 3.08. The number of amides is 1. The number of hydrogen-bond acceptors (Lipinski definition) is 5. The minimum Gasteiger partial charge on any atom is -0.462 e. The molecule has 3 aromatic rings. The number of aromatic nitrogens is 1. The van der Waals surface area contributed by atoms with Gasteiger partial charge >= 0.3 is 5.97 Å². The maximum atomic E-state index is 12.4. The van der Waals surface area contributed by atoms with Gasteiger partial charge in [0, 0.05) is 18.4 Å². The lowest BCUT2D eigenvalue weighted by Gasteiger charge is -2.10. The lowest BCUT2D eigenvalue weighted by atomic mass is 10.1. The Labute approximate surface area is 163 Å². The van der Waals surface area contributed by atoms with E-state index in [1.807, 2.05) is 37.3 Å². The number of carbonyl (C=O) groups is 2. The van der Waals surface area contributed by atoms with Gasteiger partial charge in [-0.15, -0.1) is 0 Å². The molecule has 0 fully saturated rings. The van der Waals surface area contributed by atoms with Crippen LogP contribution in [0.1, 0.15) is 35.2 Å². The highest BCUT2D eigenvalue weighted by molar-refractivity contribution is 6.01. The summed E-state index contributed by atoms with van der Waals surface area (Å²) in [6, 6.07) is 16.4. The van der Waals surface area contributed by atoms with Crippen LogP contribution in [-0.2, 0) is 16.0 Å². The third kappa shape index (κ3) is 4.65. The third-order valence-electron chi connectivity index (χ3n) is 4.20. The maximum absolute atomic E-state index is 12.4. The van der Waals surface area contributed by atoms with Crippen LogP contribution in [0, 0.1) is 6.92 Å². The highest BCUT2D eigenvalue weighted by atomic mass is 16.5. The predicted octanol–water partition coefficient (Wildman–Crippen LogP) is 4.40. The zero-order valence-electron chi connectivity index (χ0n) is 15.9. The van der Waals surface area contributed by atoms with Crippen molar-refractivity contribution in [1.29, 1.82) is 0 Å². The van der Waals surface area contributed by atoms with Crippen LogP contribution < -0.4 is 5.32 Å². The van der Waals surface area contributed by atoms with E-state index in [0.29, 0.717) is 29.3 Å². The summed E-state index contributed by atoms with van der Waals surface area (Å²) < 4.78 is 10.8. The van der Waals surface area contributed by atoms with Gasteiger partial charge in [0.25, 0.3) is 0 Å². The number of hydrogen-bond donors (Lipinski definition) is 1. The summed E-state index contributed by atoms with van der Waals surface area (Å²) in [5, 5.41) is 2.78. The van der Waals surface area contributed by atoms with Crippen LogP contribution in [0.4, 0.5) is 5.69 Å². The number of benzene rings is 2. The largest absolute Gasteiger partial charge is 0.462 e. The van der Waals surface area contributed by atoms with Crippen molar-refractivity contribution >= 4 is 17.6 Å². The van der Waals surface area contributed by atoms with Gasteiger partial charge in [0.15, 0.2) is 0 Å². The summed E-state index contributed by atoms with van der Waals surface area (Å²) in [5.41, 5.74) is 2.41. The number of para-hydroxylation sites is 1. The average molecular weight is 378 g/mol. The van der Waals surface area contributed by atoms with Gasteiger partial charge in [0.1, 0.15) is 5.76 Å². The minimum absolute atomic E-state index is 0.208. The molecule has 0 unspecified atom stereocenters. The molecule has 1 heterocycles. The maximum Gasteiger partial charge on any atom is 0.340 e. The Bertz CT molecular complexity index is 964. The lowest BCUT2D eigenvalue weighted by Crippen LogP contribution is -2.16. The number of anilines is 1. The number of nitrogens with zero attached hydrogens (tertiary/aromatic N) is 1. The first-order valence-corrected chi connectivity index (χ1v) is 9.16. The van der Waals surface area contributed by atoms with E-state index in [4.69, 9.17) is 9.15 Å². The molecule has 6 nitrogen and oxygen atoms in total. The molecular formula is C22H22N2O4. The second-order valence-corrected chi connectivity index (χ2v) is 6.20. The number of aryl methyl sites for hydroxylation is 2. The Kier molecular flexibility index (Phi) is 6.22. The lowest BCUT2D eigenvalue weighted by molar-refractivity contribution is -0.116. The fourth-order valence-electron chi connectivity index (χ4n) is 2.79. The molecule has 144 valence electrons. The number of rotatable bonds is 7. The number of ether oxygens (including phenoxy) is 1. The van der Waals surface area contributed by atoms with Crippen LogP contribution in [0.15, 0.2) is 59.0 Å². The summed E-state index contributed by atoms with van der Waals surface area (Å²) in [6.07, 6.45) is 0.661. The Morgan fingerprint density at radius 2 is 1.79 bits per heavy atom. The molecule has 0 aliphatic heterocycles. The van der Waals surface area contributed by atoms with Crippen LogP contribution in [-0.4, -0.2) is 23.5 Å². The first kappa shape index (κ1) is 19.4. The molecule has 0 saturated heterocycles. The molecular weight excluding hydrogens is 356 g/mol. The number of carbonyl (C=O) groups excluding carboxylic acids is 2. The van der Waals surface area contributed by atoms with Crippen molar-refractivity contribution < 1.29 is 18.7 Å². The summed E-state index contributed by atoms with van der Waals surface area (Å²) >= 11 is 0. The highest BCUT2D eigenvalue weighted by Gasteiger charge is 2.16. The highest BCUT2D eigenvalue weighted by Crippen LogP contribution is 2.22. The van der Waals surface area contributed by atoms with E-state index in [-0.39, 0.29) is 18.9 Å². The van der Waals surface area contributed by atoms with Crippen molar-refractivity contribution in [2.45, 2.75) is 26.7 Å². The summed E-state index contributed by atoms with van der Waals surface area (Å²) in [7, 11) is 0. The molecule has 1 aromatic heterocycles. The fourth-order valence-corrected chi connectivity index (χ4v) is 2.79. The SMILES string of the molecule is CCOC(=O)c1ccccc1NC(=O)CCc1nc(-c2ccccc2)oc1C. The molecule has 3 rings (SSSR count). The summed E-state index contributed by atoms with van der Waals surface area (Å²) in [5.74, 6) is 0.568. The number of esters is 1. The predicted molar refractivity (Wildman–Crippen MR) is 106 cm³/mol. The van der Waals surface area contributed by atoms with E-state index in [9.17, 15) is 9.59 Å². The number of nitrogens with one attached hydrogen (secondary N) is 1. The van der Waals surface area contributed by atoms with Crippen LogP contribution in [0.25, 0.3) is 11.5 Å². The van der Waals surface area contributed by atoms with E-state index in [0.717, 1.165) is 11.3 Å². The van der Waals surface area contributed by atoms with Gasteiger partial charge in [-0.25, -0.2) is 9.78 Å². The van der Waals surface area contributed by atoms with E-state index >= 15 is 0 Å². The Hall–Kier alpha value is -3.41. The van der Waals surface area contributed by atoms with Crippen molar-refractivity contribution in [3.8, 4) is 11.5 Å². The Morgan fingerprint density at radius 3 is 2.54 bits per heavy atom. The van der Waals surface area contributed by atoms with Crippen molar-refractivity contribution in [3.05, 3.63) is 71.6 Å². The molecule has 2 aromatic carbocycles. The van der Waals surface area contributed by atoms with Gasteiger partial charge < -0.3 is 14.5 Å². The van der Waals surface area contributed by atoms with E-state index < -0.39 is 5.97 Å². The summed E-state index contributed by atoms with van der Waals surface area (Å²) in [4.78, 5) is 28.9. The molecule has 0 aliphatic carbocycles. The molecule has 1 N–H and O–H groups in total. The van der Waals surface area contributed by atoms with Crippen molar-refractivity contribution in [3.63, 3.8) is 0 Å². The molecule has 1 amide bonds. The minimum atomic E-state index is -0.460. The third-order valence-corrected chi connectivity index (χ3v) is 4.20. The summed E-state index contributed by atoms with van der Waals surface area (Å²) in [6.45, 7) is 3.85. The zero-order chi connectivity index (χ0) is 19.9. The van der Waals surface area contributed by atoms with Crippen molar-refractivity contribution in [1.82, 2.24) is 4.98 Å². The Morgan fingerprint density at radius 1 is 1.07 bits per heavy atom. The molecule has 0 aliphatic rings. The molecule has 6 heteroatoms. The molecule has 0 saturated carbocycles. The van der Waals surface area contributed by atoms with Crippen molar-refractivity contribution in [2.75, 3.05) is 11.9 Å². The monoisotopic (exact) mass is 378 g/mol. The molecule has 0 atom stereocenters. The standard InChI is InChI=1S/C22H22N2O4/c1-3-27-22(26)17-11-7-8-12-19(17)23-20(25)14-13-18-15(2)28-21(24-18)16-9-5-4-6-10-16/h4-12H,3,13-14H2,1-2H3,(H,23,25). The first-order chi connectivity index (χ1) is 13.6. The smallest absolute Gasteiger partial charge is 0.340 e. The van der Waals surface area contributed by atoms with Crippen LogP contribution in [0.3, 0.4) is 0 Å². The molecule has 0 spiro atoms. The van der Waals surface area contributed by atoms with Gasteiger partial charge in [0.05, 0.1) is 23.6 Å². The second-order valence-electron chi connectivity index (χ2n) is 6.20. The fraction of sp³-hybridized carbons (Fsp3) is 0.227. The van der Waals surface area contributed by atoms with E-state index in [2.05, 4.69) is 10.3 Å². The normalized spacial score (nSPS) is 10.5. The molecule has 28 heavy (non-hydrogen) atoms. The number of oxazole rings is 1. The van der Waals surface area contributed by atoms with Crippen LogP contribution in [0.2, 0.25) is 0 Å². The van der Waals surface area contributed by atoms with Crippen LogP contribution >= 0.6 is 0 Å². The molecule has 0 radical (unpaired) electrons. The first-order valence-electron chi connectivity index (χ1n) is 9.16. The zero-order valence-corrected chi connectivity index (χ0v) is 15.9. The topological polar surface area (TPSA) is 81.4 Å².